The number of likely N-dealkylation sites (N-methyl/N-ethyl adjacent to an activating group) is 1. The monoisotopic (exact) mass is 594 g/mol. The lowest BCUT2D eigenvalue weighted by molar-refractivity contribution is -0.202. The molecule has 2 N–H and O–H groups in total. The Kier molecular flexibility index (Phi) is 8.12. The largest absolute Gasteiger partial charge is 0.393 e. The van der Waals surface area contributed by atoms with Crippen LogP contribution < -0.4 is 5.32 Å². The predicted octanol–water partition coefficient (Wildman–Crippen LogP) is 7.89. The second-order valence-electron chi connectivity index (χ2n) is 18.7. The van der Waals surface area contributed by atoms with Gasteiger partial charge in [0, 0.05) is 43.8 Å². The first-order chi connectivity index (χ1) is 20.1. The summed E-state index contributed by atoms with van der Waals surface area (Å²) in [6.45, 7) is 29.8. The number of piperazine rings is 1. The van der Waals surface area contributed by atoms with E-state index in [0.29, 0.717) is 34.0 Å². The fourth-order valence-corrected chi connectivity index (χ4v) is 12.6. The summed E-state index contributed by atoms with van der Waals surface area (Å²) >= 11 is 0. The molecule has 1 heterocycles. The van der Waals surface area contributed by atoms with Crippen LogP contribution in [0.25, 0.3) is 0 Å². The lowest BCUT2D eigenvalue weighted by Crippen LogP contribution is -2.64. The molecule has 6 aliphatic rings. The summed E-state index contributed by atoms with van der Waals surface area (Å²) in [6.07, 6.45) is 16.3. The molecule has 0 bridgehead atoms. The molecule has 43 heavy (non-hydrogen) atoms. The van der Waals surface area contributed by atoms with Crippen molar-refractivity contribution in [3.63, 3.8) is 0 Å². The standard InChI is InChI=1S/C39H67N3O/c1-28(40-21-10-22-42-25-23-41(9)24-26-42)39-19-17-34(2,3)27-30(39)29-11-12-32-36(6)15-14-33(43)35(4,5)31(36)13-16-38(32,8)37(29,7)18-20-39/h11,30-33,40,43H,1,10,12-27H2,2-9H3/t30-,31-,32+,33-,36-,37+,38+,39+/m0/s1. The van der Waals surface area contributed by atoms with Crippen LogP contribution in [-0.2, 0) is 0 Å². The fourth-order valence-electron chi connectivity index (χ4n) is 12.6. The van der Waals surface area contributed by atoms with Crippen molar-refractivity contribution < 1.29 is 5.11 Å². The predicted molar refractivity (Wildman–Crippen MR) is 181 cm³/mol. The summed E-state index contributed by atoms with van der Waals surface area (Å²) < 4.78 is 0. The number of hydrogen-bond donors (Lipinski definition) is 2. The van der Waals surface area contributed by atoms with E-state index in [0.717, 1.165) is 13.0 Å². The van der Waals surface area contributed by atoms with Gasteiger partial charge in [-0.05, 0) is 129 Å². The van der Waals surface area contributed by atoms with E-state index < -0.39 is 0 Å². The molecule has 244 valence electrons. The summed E-state index contributed by atoms with van der Waals surface area (Å²) in [5.74, 6) is 1.94. The highest BCUT2D eigenvalue weighted by atomic mass is 16.3. The van der Waals surface area contributed by atoms with Crippen LogP contribution in [0.5, 0.6) is 0 Å². The zero-order valence-electron chi connectivity index (χ0n) is 29.5. The lowest BCUT2D eigenvalue weighted by Gasteiger charge is -2.71. The van der Waals surface area contributed by atoms with Gasteiger partial charge in [-0.15, -0.1) is 0 Å². The molecule has 5 fully saturated rings. The number of fused-ring (bicyclic) bond motifs is 7. The smallest absolute Gasteiger partial charge is 0.0594 e. The van der Waals surface area contributed by atoms with E-state index in [2.05, 4.69) is 76.7 Å². The van der Waals surface area contributed by atoms with Gasteiger partial charge in [-0.1, -0.05) is 66.7 Å². The first-order valence-electron chi connectivity index (χ1n) is 18.3. The van der Waals surface area contributed by atoms with Crippen LogP contribution in [0.2, 0.25) is 0 Å². The second-order valence-corrected chi connectivity index (χ2v) is 18.7. The van der Waals surface area contributed by atoms with E-state index in [4.69, 9.17) is 6.58 Å². The summed E-state index contributed by atoms with van der Waals surface area (Å²) in [5.41, 5.74) is 4.69. The molecule has 0 spiro atoms. The minimum absolute atomic E-state index is 0.0160. The average molecular weight is 594 g/mol. The highest BCUT2D eigenvalue weighted by Crippen LogP contribution is 2.76. The number of nitrogens with one attached hydrogen (secondary N) is 1. The molecular weight excluding hydrogens is 526 g/mol. The SMILES string of the molecule is C=C(NCCCN1CCN(C)CC1)[C@]12CCC(C)(C)C[C@H]1C1=CC[C@@H]3[C@@]4(C)CC[C@H](O)C(C)(C)[C@@H]4CC[C@@]3(C)[C@]1(C)CC2. The lowest BCUT2D eigenvalue weighted by atomic mass is 9.33. The summed E-state index contributed by atoms with van der Waals surface area (Å²) in [6, 6.07) is 0. The molecule has 4 nitrogen and oxygen atoms in total. The van der Waals surface area contributed by atoms with Crippen molar-refractivity contribution in [3.8, 4) is 0 Å². The Labute approximate surface area is 265 Å². The van der Waals surface area contributed by atoms with E-state index >= 15 is 0 Å². The van der Waals surface area contributed by atoms with Crippen LogP contribution in [0.3, 0.4) is 0 Å². The maximum absolute atomic E-state index is 11.1. The van der Waals surface area contributed by atoms with E-state index in [-0.39, 0.29) is 22.3 Å². The van der Waals surface area contributed by atoms with Crippen molar-refractivity contribution in [1.82, 2.24) is 15.1 Å². The van der Waals surface area contributed by atoms with E-state index in [1.165, 1.54) is 103 Å². The van der Waals surface area contributed by atoms with Crippen LogP contribution in [-0.4, -0.2) is 67.3 Å². The van der Waals surface area contributed by atoms with E-state index in [1.54, 1.807) is 0 Å². The third kappa shape index (κ3) is 4.93. The quantitative estimate of drug-likeness (QED) is 0.243. The number of hydrogen-bond acceptors (Lipinski definition) is 4. The van der Waals surface area contributed by atoms with Gasteiger partial charge in [0.25, 0.3) is 0 Å². The van der Waals surface area contributed by atoms with Gasteiger partial charge in [-0.2, -0.15) is 0 Å². The van der Waals surface area contributed by atoms with Gasteiger partial charge in [0.05, 0.1) is 6.10 Å². The van der Waals surface area contributed by atoms with Crippen LogP contribution in [0.15, 0.2) is 23.9 Å². The molecule has 1 saturated heterocycles. The minimum atomic E-state index is -0.153. The van der Waals surface area contributed by atoms with Gasteiger partial charge in [-0.3, -0.25) is 0 Å². The Balaban J connectivity index is 1.24. The molecule has 0 aromatic rings. The van der Waals surface area contributed by atoms with Crippen molar-refractivity contribution in [1.29, 1.82) is 0 Å². The highest BCUT2D eigenvalue weighted by Gasteiger charge is 2.68. The Morgan fingerprint density at radius 1 is 0.907 bits per heavy atom. The van der Waals surface area contributed by atoms with Gasteiger partial charge in [-0.25, -0.2) is 0 Å². The number of nitrogens with zero attached hydrogens (tertiary/aromatic N) is 2. The van der Waals surface area contributed by atoms with Crippen LogP contribution in [0.1, 0.15) is 119 Å². The van der Waals surface area contributed by atoms with E-state index in [1.807, 2.05) is 5.57 Å². The van der Waals surface area contributed by atoms with Crippen molar-refractivity contribution >= 4 is 0 Å². The molecule has 0 aromatic heterocycles. The molecule has 1 aliphatic heterocycles. The van der Waals surface area contributed by atoms with Gasteiger partial charge in [0.1, 0.15) is 0 Å². The first-order valence-corrected chi connectivity index (χ1v) is 18.3. The zero-order chi connectivity index (χ0) is 31.1. The molecule has 6 rings (SSSR count). The molecule has 0 unspecified atom stereocenters. The fraction of sp³-hybridized carbons (Fsp3) is 0.897. The third-order valence-electron chi connectivity index (χ3n) is 15.8. The normalized spacial score (nSPS) is 46.0. The van der Waals surface area contributed by atoms with Crippen molar-refractivity contribution in [2.75, 3.05) is 46.3 Å². The van der Waals surface area contributed by atoms with Crippen LogP contribution >= 0.6 is 0 Å². The van der Waals surface area contributed by atoms with Gasteiger partial charge >= 0.3 is 0 Å². The van der Waals surface area contributed by atoms with Crippen molar-refractivity contribution in [2.45, 2.75) is 125 Å². The maximum atomic E-state index is 11.1. The number of rotatable bonds is 6. The van der Waals surface area contributed by atoms with Gasteiger partial charge in [0.2, 0.25) is 0 Å². The topological polar surface area (TPSA) is 38.7 Å². The molecule has 8 atom stereocenters. The Hall–Kier alpha value is -0.840. The Morgan fingerprint density at radius 2 is 1.60 bits per heavy atom. The van der Waals surface area contributed by atoms with Crippen LogP contribution in [0.4, 0.5) is 0 Å². The van der Waals surface area contributed by atoms with Crippen molar-refractivity contribution in [2.24, 2.45) is 50.2 Å². The summed E-state index contributed by atoms with van der Waals surface area (Å²) in [7, 11) is 2.24. The first kappa shape index (κ1) is 32.1. The molecule has 0 amide bonds. The van der Waals surface area contributed by atoms with E-state index in [9.17, 15) is 5.11 Å². The number of aliphatic hydroxyl groups is 1. The molecule has 0 radical (unpaired) electrons. The average Bonchev–Trinajstić information content (AvgIpc) is 2.94. The Morgan fingerprint density at radius 3 is 2.33 bits per heavy atom. The Bertz CT molecular complexity index is 1100. The maximum Gasteiger partial charge on any atom is 0.0594 e. The number of allylic oxidation sites excluding steroid dienone is 3. The van der Waals surface area contributed by atoms with Crippen molar-refractivity contribution in [3.05, 3.63) is 23.9 Å². The molecule has 0 aromatic carbocycles. The number of aliphatic hydroxyl groups excluding tert-OH is 1. The second kappa shape index (κ2) is 10.9. The molecule has 4 heteroatoms. The van der Waals surface area contributed by atoms with Gasteiger partial charge < -0.3 is 20.2 Å². The third-order valence-corrected chi connectivity index (χ3v) is 15.8. The highest BCUT2D eigenvalue weighted by molar-refractivity contribution is 5.36. The summed E-state index contributed by atoms with van der Waals surface area (Å²) in [5, 5.41) is 15.0. The molecular formula is C39H67N3O. The minimum Gasteiger partial charge on any atom is -0.393 e. The van der Waals surface area contributed by atoms with Gasteiger partial charge in [0.15, 0.2) is 0 Å². The molecule has 5 aliphatic carbocycles. The zero-order valence-corrected chi connectivity index (χ0v) is 29.5. The van der Waals surface area contributed by atoms with Crippen LogP contribution in [0, 0.1) is 50.2 Å². The molecule has 4 saturated carbocycles. The summed E-state index contributed by atoms with van der Waals surface area (Å²) in [4.78, 5) is 5.10.